The number of anilines is 2. The third-order valence-electron chi connectivity index (χ3n) is 7.38. The van der Waals surface area contributed by atoms with Crippen molar-refractivity contribution < 1.29 is 4.79 Å². The highest BCUT2D eigenvalue weighted by Gasteiger charge is 2.23. The zero-order chi connectivity index (χ0) is 23.2. The summed E-state index contributed by atoms with van der Waals surface area (Å²) in [5, 5.41) is 5.63. The molecular weight excluding hydrogens is 422 g/mol. The molecule has 0 unspecified atom stereocenters. The van der Waals surface area contributed by atoms with Crippen LogP contribution in [0.5, 0.6) is 0 Å². The minimum absolute atomic E-state index is 0.00415. The lowest BCUT2D eigenvalue weighted by Gasteiger charge is -2.37. The molecule has 0 atom stereocenters. The molecule has 2 aliphatic rings. The summed E-state index contributed by atoms with van der Waals surface area (Å²) in [6.07, 6.45) is 8.13. The molecule has 5 rings (SSSR count). The van der Waals surface area contributed by atoms with E-state index in [2.05, 4.69) is 62.6 Å². The Bertz CT molecular complexity index is 1070. The Morgan fingerprint density at radius 3 is 2.50 bits per heavy atom. The van der Waals surface area contributed by atoms with Crippen molar-refractivity contribution in [1.82, 2.24) is 14.8 Å². The molecule has 2 saturated heterocycles. The molecule has 2 aromatic carbocycles. The first-order valence-corrected chi connectivity index (χ1v) is 12.7. The Kier molecular flexibility index (Phi) is 7.25. The fraction of sp³-hybridized carbons (Fsp3) is 0.429. The van der Waals surface area contributed by atoms with Gasteiger partial charge < -0.3 is 15.1 Å². The molecule has 3 heterocycles. The van der Waals surface area contributed by atoms with Crippen LogP contribution < -0.4 is 10.2 Å². The van der Waals surface area contributed by atoms with Gasteiger partial charge in [-0.2, -0.15) is 0 Å². The fourth-order valence-corrected chi connectivity index (χ4v) is 5.36. The number of pyridine rings is 1. The summed E-state index contributed by atoms with van der Waals surface area (Å²) >= 11 is 0. The second-order valence-electron chi connectivity index (χ2n) is 9.57. The van der Waals surface area contributed by atoms with Gasteiger partial charge in [0.05, 0.1) is 11.9 Å². The van der Waals surface area contributed by atoms with Crippen LogP contribution in [0.3, 0.4) is 0 Å². The van der Waals surface area contributed by atoms with Gasteiger partial charge in [0, 0.05) is 56.5 Å². The Hall–Kier alpha value is -3.12. The molecule has 0 bridgehead atoms. The van der Waals surface area contributed by atoms with Gasteiger partial charge in [0.15, 0.2) is 0 Å². The van der Waals surface area contributed by atoms with Crippen LogP contribution in [0.25, 0.3) is 10.8 Å². The lowest BCUT2D eigenvalue weighted by Crippen LogP contribution is -2.46. The van der Waals surface area contributed by atoms with Crippen molar-refractivity contribution in [2.45, 2.75) is 25.7 Å². The third-order valence-corrected chi connectivity index (χ3v) is 7.38. The van der Waals surface area contributed by atoms with Crippen LogP contribution in [0.15, 0.2) is 67.0 Å². The normalized spacial score (nSPS) is 17.8. The number of rotatable bonds is 6. The number of piperazine rings is 1. The number of aromatic nitrogens is 1. The molecule has 0 spiro atoms. The summed E-state index contributed by atoms with van der Waals surface area (Å²) in [7, 11) is 0. The van der Waals surface area contributed by atoms with Crippen LogP contribution in [-0.4, -0.2) is 66.6 Å². The van der Waals surface area contributed by atoms with Crippen LogP contribution in [0, 0.1) is 5.92 Å². The summed E-state index contributed by atoms with van der Waals surface area (Å²) in [5.74, 6) is 0.736. The molecule has 34 heavy (non-hydrogen) atoms. The SMILES string of the molecule is O=C(Nc1cccnc1)N1CCC(CCCN2CCN(c3cccc4ccccc34)CC2)CC1. The lowest BCUT2D eigenvalue weighted by atomic mass is 9.92. The maximum absolute atomic E-state index is 12.5. The average molecular weight is 458 g/mol. The monoisotopic (exact) mass is 457 g/mol. The van der Waals surface area contributed by atoms with E-state index >= 15 is 0 Å². The molecule has 3 aromatic rings. The Balaban J connectivity index is 1.01. The van der Waals surface area contributed by atoms with Crippen molar-refractivity contribution in [1.29, 1.82) is 0 Å². The van der Waals surface area contributed by atoms with Crippen LogP contribution in [0.1, 0.15) is 25.7 Å². The molecule has 6 nitrogen and oxygen atoms in total. The van der Waals surface area contributed by atoms with E-state index in [1.54, 1.807) is 12.4 Å². The minimum atomic E-state index is -0.00415. The van der Waals surface area contributed by atoms with Crippen molar-refractivity contribution in [3.8, 4) is 0 Å². The topological polar surface area (TPSA) is 51.7 Å². The number of benzene rings is 2. The Morgan fingerprint density at radius 2 is 1.71 bits per heavy atom. The fourth-order valence-electron chi connectivity index (χ4n) is 5.36. The van der Waals surface area contributed by atoms with Gasteiger partial charge in [0.1, 0.15) is 0 Å². The maximum atomic E-state index is 12.5. The van der Waals surface area contributed by atoms with E-state index in [9.17, 15) is 4.79 Å². The molecule has 2 aliphatic heterocycles. The van der Waals surface area contributed by atoms with Crippen molar-refractivity contribution in [2.24, 2.45) is 5.92 Å². The Morgan fingerprint density at radius 1 is 0.912 bits per heavy atom. The second kappa shape index (κ2) is 10.9. The highest BCUT2D eigenvalue weighted by molar-refractivity contribution is 5.94. The number of carbonyl (C=O) groups is 1. The van der Waals surface area contributed by atoms with Gasteiger partial charge in [0.2, 0.25) is 0 Å². The van der Waals surface area contributed by atoms with E-state index in [0.717, 1.165) is 63.7 Å². The summed E-state index contributed by atoms with van der Waals surface area (Å²) in [6.45, 7) is 7.34. The van der Waals surface area contributed by atoms with Crippen molar-refractivity contribution in [3.63, 3.8) is 0 Å². The predicted octanol–water partition coefficient (Wildman–Crippen LogP) is 5.08. The molecule has 1 N–H and O–H groups in total. The summed E-state index contributed by atoms with van der Waals surface area (Å²) in [4.78, 5) is 23.6. The first kappa shape index (κ1) is 22.7. The maximum Gasteiger partial charge on any atom is 0.321 e. The van der Waals surface area contributed by atoms with E-state index in [4.69, 9.17) is 0 Å². The molecule has 2 fully saturated rings. The quantitative estimate of drug-likeness (QED) is 0.561. The van der Waals surface area contributed by atoms with Gasteiger partial charge in [-0.3, -0.25) is 9.88 Å². The highest BCUT2D eigenvalue weighted by Crippen LogP contribution is 2.28. The van der Waals surface area contributed by atoms with Gasteiger partial charge in [-0.05, 0) is 61.7 Å². The first-order chi connectivity index (χ1) is 16.8. The number of likely N-dealkylation sites (tertiary alicyclic amines) is 1. The molecule has 1 aromatic heterocycles. The smallest absolute Gasteiger partial charge is 0.321 e. The molecule has 0 aliphatic carbocycles. The van der Waals surface area contributed by atoms with E-state index < -0.39 is 0 Å². The zero-order valence-electron chi connectivity index (χ0n) is 19.9. The Labute approximate surface area is 202 Å². The molecular formula is C28H35N5O. The number of nitrogens with one attached hydrogen (secondary N) is 1. The molecule has 6 heteroatoms. The summed E-state index contributed by atoms with van der Waals surface area (Å²) < 4.78 is 0. The van der Waals surface area contributed by atoms with E-state index in [1.165, 1.54) is 35.8 Å². The average Bonchev–Trinajstić information content (AvgIpc) is 2.90. The number of piperidine rings is 1. The molecule has 178 valence electrons. The van der Waals surface area contributed by atoms with Crippen LogP contribution in [0.2, 0.25) is 0 Å². The minimum Gasteiger partial charge on any atom is -0.368 e. The highest BCUT2D eigenvalue weighted by atomic mass is 16.2. The summed E-state index contributed by atoms with van der Waals surface area (Å²) in [6, 6.07) is 19.1. The van der Waals surface area contributed by atoms with Gasteiger partial charge in [0.25, 0.3) is 0 Å². The molecule has 0 radical (unpaired) electrons. The van der Waals surface area contributed by atoms with Crippen LogP contribution in [-0.2, 0) is 0 Å². The van der Waals surface area contributed by atoms with Crippen LogP contribution in [0.4, 0.5) is 16.2 Å². The largest absolute Gasteiger partial charge is 0.368 e. The van der Waals surface area contributed by atoms with E-state index in [-0.39, 0.29) is 6.03 Å². The number of hydrogen-bond donors (Lipinski definition) is 1. The van der Waals surface area contributed by atoms with Gasteiger partial charge >= 0.3 is 6.03 Å². The number of hydrogen-bond acceptors (Lipinski definition) is 4. The molecule has 2 amide bonds. The van der Waals surface area contributed by atoms with E-state index in [0.29, 0.717) is 0 Å². The predicted molar refractivity (Wildman–Crippen MR) is 139 cm³/mol. The van der Waals surface area contributed by atoms with Crippen LogP contribution >= 0.6 is 0 Å². The summed E-state index contributed by atoms with van der Waals surface area (Å²) in [5.41, 5.74) is 2.13. The zero-order valence-corrected chi connectivity index (χ0v) is 19.9. The standard InChI is InChI=1S/C28H35N5O/c34-28(30-25-9-4-14-29-22-25)33-16-12-23(13-17-33)6-5-15-31-18-20-32(21-19-31)27-11-3-8-24-7-1-2-10-26(24)27/h1-4,7-11,14,22-23H,5-6,12-13,15-21H2,(H,30,34). The number of nitrogens with zero attached hydrogens (tertiary/aromatic N) is 4. The number of carbonyl (C=O) groups excluding carboxylic acids is 1. The second-order valence-corrected chi connectivity index (χ2v) is 9.57. The lowest BCUT2D eigenvalue weighted by molar-refractivity contribution is 0.175. The van der Waals surface area contributed by atoms with Gasteiger partial charge in [-0.15, -0.1) is 0 Å². The van der Waals surface area contributed by atoms with E-state index in [1.807, 2.05) is 17.0 Å². The van der Waals surface area contributed by atoms with Gasteiger partial charge in [-0.25, -0.2) is 4.79 Å². The molecule has 0 saturated carbocycles. The van der Waals surface area contributed by atoms with Crippen molar-refractivity contribution >= 4 is 28.2 Å². The number of fused-ring (bicyclic) bond motifs is 1. The van der Waals surface area contributed by atoms with Gasteiger partial charge in [-0.1, -0.05) is 36.4 Å². The van der Waals surface area contributed by atoms with Crippen molar-refractivity contribution in [2.75, 3.05) is 56.0 Å². The number of amides is 2. The van der Waals surface area contributed by atoms with Crippen molar-refractivity contribution in [3.05, 3.63) is 67.0 Å². The number of urea groups is 1. The first-order valence-electron chi connectivity index (χ1n) is 12.7. The third kappa shape index (κ3) is 5.50.